The lowest BCUT2D eigenvalue weighted by molar-refractivity contribution is 0.465. The summed E-state index contributed by atoms with van der Waals surface area (Å²) in [5.74, 6) is 0.346. The van der Waals surface area contributed by atoms with E-state index in [1.165, 1.54) is 0 Å². The minimum Gasteiger partial charge on any atom is -0.508 e. The first-order chi connectivity index (χ1) is 5.59. The molecule has 0 unspecified atom stereocenters. The van der Waals surface area contributed by atoms with Crippen molar-refractivity contribution < 1.29 is 5.11 Å². The topological polar surface area (TPSA) is 46.2 Å². The van der Waals surface area contributed by atoms with Crippen LogP contribution in [-0.4, -0.2) is 11.1 Å². The van der Waals surface area contributed by atoms with Gasteiger partial charge in [-0.1, -0.05) is 6.07 Å². The van der Waals surface area contributed by atoms with Crippen LogP contribution in [0.5, 0.6) is 5.75 Å². The van der Waals surface area contributed by atoms with Crippen LogP contribution in [0.15, 0.2) is 18.2 Å². The first-order valence-electron chi connectivity index (χ1n) is 3.82. The van der Waals surface area contributed by atoms with Gasteiger partial charge in [-0.15, -0.1) is 0 Å². The van der Waals surface area contributed by atoms with Crippen molar-refractivity contribution in [1.82, 2.24) is 0 Å². The van der Waals surface area contributed by atoms with Crippen molar-refractivity contribution >= 4 is 22.6 Å². The van der Waals surface area contributed by atoms with Crippen LogP contribution in [0, 0.1) is 3.57 Å². The molecule has 0 amide bonds. The first-order valence-corrected chi connectivity index (χ1v) is 4.90. The number of hydrogen-bond acceptors (Lipinski definition) is 2. The highest BCUT2D eigenvalue weighted by Crippen LogP contribution is 2.20. The van der Waals surface area contributed by atoms with Crippen molar-refractivity contribution in [3.8, 4) is 5.75 Å². The lowest BCUT2D eigenvalue weighted by Gasteiger charge is -2.07. The minimum atomic E-state index is 0.0935. The van der Waals surface area contributed by atoms with Gasteiger partial charge in [0.1, 0.15) is 5.75 Å². The minimum absolute atomic E-state index is 0.0935. The van der Waals surface area contributed by atoms with Gasteiger partial charge in [-0.05, 0) is 53.6 Å². The molecule has 0 aliphatic carbocycles. The molecule has 0 aliphatic heterocycles. The van der Waals surface area contributed by atoms with Crippen molar-refractivity contribution in [1.29, 1.82) is 0 Å². The fourth-order valence-electron chi connectivity index (χ4n) is 1.06. The molecule has 2 nitrogen and oxygen atoms in total. The van der Waals surface area contributed by atoms with Crippen LogP contribution in [0.1, 0.15) is 12.5 Å². The molecule has 0 aromatic heterocycles. The number of benzene rings is 1. The summed E-state index contributed by atoms with van der Waals surface area (Å²) in [6, 6.07) is 5.73. The number of rotatable bonds is 2. The Balaban J connectivity index is 2.86. The fourth-order valence-corrected chi connectivity index (χ4v) is 1.53. The molecule has 1 aromatic rings. The maximum Gasteiger partial charge on any atom is 0.119 e. The monoisotopic (exact) mass is 277 g/mol. The van der Waals surface area contributed by atoms with Gasteiger partial charge >= 0.3 is 0 Å². The van der Waals surface area contributed by atoms with E-state index in [4.69, 9.17) is 5.73 Å². The molecule has 66 valence electrons. The van der Waals surface area contributed by atoms with Gasteiger partial charge in [-0.3, -0.25) is 0 Å². The highest BCUT2D eigenvalue weighted by Gasteiger charge is 2.03. The Bertz CT molecular complexity index is 273. The van der Waals surface area contributed by atoms with E-state index in [1.807, 2.05) is 19.1 Å². The summed E-state index contributed by atoms with van der Waals surface area (Å²) in [6.07, 6.45) is 0.725. The van der Waals surface area contributed by atoms with Gasteiger partial charge in [0.15, 0.2) is 0 Å². The average Bonchev–Trinajstić information content (AvgIpc) is 1.94. The van der Waals surface area contributed by atoms with Gasteiger partial charge in [-0.25, -0.2) is 0 Å². The van der Waals surface area contributed by atoms with Crippen LogP contribution in [0.25, 0.3) is 0 Å². The van der Waals surface area contributed by atoms with Crippen molar-refractivity contribution in [2.24, 2.45) is 5.73 Å². The van der Waals surface area contributed by atoms with E-state index in [-0.39, 0.29) is 6.04 Å². The highest BCUT2D eigenvalue weighted by molar-refractivity contribution is 14.1. The second-order valence-electron chi connectivity index (χ2n) is 2.95. The summed E-state index contributed by atoms with van der Waals surface area (Å²) in [4.78, 5) is 0. The second kappa shape index (κ2) is 4.09. The van der Waals surface area contributed by atoms with Gasteiger partial charge in [-0.2, -0.15) is 0 Å². The normalized spacial score (nSPS) is 12.9. The summed E-state index contributed by atoms with van der Waals surface area (Å²) in [6.45, 7) is 1.93. The number of phenolic OH excluding ortho intramolecular Hbond substituents is 1. The Morgan fingerprint density at radius 1 is 1.58 bits per heavy atom. The zero-order chi connectivity index (χ0) is 9.14. The molecule has 1 rings (SSSR count). The summed E-state index contributed by atoms with van der Waals surface area (Å²) in [7, 11) is 0. The zero-order valence-corrected chi connectivity index (χ0v) is 9.08. The Kier molecular flexibility index (Phi) is 3.34. The maximum atomic E-state index is 9.48. The molecule has 0 radical (unpaired) electrons. The molecule has 3 N–H and O–H groups in total. The van der Waals surface area contributed by atoms with E-state index in [0.29, 0.717) is 5.75 Å². The zero-order valence-electron chi connectivity index (χ0n) is 6.92. The molecule has 1 atom stereocenters. The van der Waals surface area contributed by atoms with Gasteiger partial charge in [0.25, 0.3) is 0 Å². The van der Waals surface area contributed by atoms with Gasteiger partial charge < -0.3 is 10.8 Å². The lowest BCUT2D eigenvalue weighted by Crippen LogP contribution is -2.17. The van der Waals surface area contributed by atoms with Gasteiger partial charge in [0.2, 0.25) is 0 Å². The summed E-state index contributed by atoms with van der Waals surface area (Å²) in [5.41, 5.74) is 6.54. The third-order valence-corrected chi connectivity index (χ3v) is 2.26. The van der Waals surface area contributed by atoms with Crippen LogP contribution in [0.4, 0.5) is 0 Å². The van der Waals surface area contributed by atoms with E-state index in [0.717, 1.165) is 15.6 Å². The fraction of sp³-hybridized carbons (Fsp3) is 0.333. The molecular formula is C9H12INO. The Hall–Kier alpha value is -0.290. The number of nitrogens with two attached hydrogens (primary N) is 1. The Morgan fingerprint density at radius 2 is 2.25 bits per heavy atom. The smallest absolute Gasteiger partial charge is 0.119 e. The van der Waals surface area contributed by atoms with E-state index in [2.05, 4.69) is 22.6 Å². The van der Waals surface area contributed by atoms with Gasteiger partial charge in [0, 0.05) is 9.61 Å². The maximum absolute atomic E-state index is 9.48. The van der Waals surface area contributed by atoms with Gasteiger partial charge in [0.05, 0.1) is 0 Å². The Morgan fingerprint density at radius 3 is 2.75 bits per heavy atom. The third kappa shape index (κ3) is 2.64. The highest BCUT2D eigenvalue weighted by atomic mass is 127. The lowest BCUT2D eigenvalue weighted by atomic mass is 10.1. The molecule has 3 heteroatoms. The van der Waals surface area contributed by atoms with Crippen molar-refractivity contribution in [2.45, 2.75) is 19.4 Å². The molecule has 0 saturated carbocycles. The number of halogens is 1. The summed E-state index contributed by atoms with van der Waals surface area (Å²) < 4.78 is 1.04. The third-order valence-electron chi connectivity index (χ3n) is 1.59. The molecular weight excluding hydrogens is 265 g/mol. The molecule has 12 heavy (non-hydrogen) atoms. The molecule has 0 bridgehead atoms. The average molecular weight is 277 g/mol. The van der Waals surface area contributed by atoms with Crippen LogP contribution in [0.2, 0.25) is 0 Å². The number of hydrogen-bond donors (Lipinski definition) is 2. The van der Waals surface area contributed by atoms with E-state index in [9.17, 15) is 5.11 Å². The predicted molar refractivity (Wildman–Crippen MR) is 58.2 cm³/mol. The standard InChI is InChI=1S/C9H12INO/c1-6(11)4-7-2-3-8(10)5-9(7)12/h2-3,5-6,12H,4,11H2,1H3/t6-/m0/s1. The van der Waals surface area contributed by atoms with Crippen molar-refractivity contribution in [3.05, 3.63) is 27.3 Å². The first kappa shape index (κ1) is 9.80. The molecule has 0 heterocycles. The Labute approximate surface area is 85.9 Å². The van der Waals surface area contributed by atoms with Crippen molar-refractivity contribution in [2.75, 3.05) is 0 Å². The predicted octanol–water partition coefficient (Wildman–Crippen LogP) is 1.89. The molecule has 0 aliphatic rings. The number of aromatic hydroxyl groups is 1. The van der Waals surface area contributed by atoms with Crippen LogP contribution < -0.4 is 5.73 Å². The van der Waals surface area contributed by atoms with E-state index in [1.54, 1.807) is 6.07 Å². The summed E-state index contributed by atoms with van der Waals surface area (Å²) >= 11 is 2.16. The number of phenols is 1. The largest absolute Gasteiger partial charge is 0.508 e. The molecule has 0 fully saturated rings. The SMILES string of the molecule is C[C@H](N)Cc1ccc(I)cc1O. The van der Waals surface area contributed by atoms with E-state index < -0.39 is 0 Å². The van der Waals surface area contributed by atoms with E-state index >= 15 is 0 Å². The van der Waals surface area contributed by atoms with Crippen LogP contribution in [0.3, 0.4) is 0 Å². The quantitative estimate of drug-likeness (QED) is 0.811. The van der Waals surface area contributed by atoms with Crippen molar-refractivity contribution in [3.63, 3.8) is 0 Å². The molecule has 0 spiro atoms. The van der Waals surface area contributed by atoms with Crippen LogP contribution in [-0.2, 0) is 6.42 Å². The van der Waals surface area contributed by atoms with Crippen LogP contribution >= 0.6 is 22.6 Å². The molecule has 1 aromatic carbocycles. The second-order valence-corrected chi connectivity index (χ2v) is 4.20. The molecule has 0 saturated heterocycles. The summed E-state index contributed by atoms with van der Waals surface area (Å²) in [5, 5.41) is 9.48.